The van der Waals surface area contributed by atoms with Crippen molar-refractivity contribution in [2.24, 2.45) is 5.92 Å². The largest absolute Gasteiger partial charge is 0.507 e. The van der Waals surface area contributed by atoms with E-state index in [1.54, 1.807) is 11.8 Å². The molecule has 0 aliphatic heterocycles. The molecule has 0 aliphatic carbocycles. The first-order chi connectivity index (χ1) is 23.1. The van der Waals surface area contributed by atoms with Gasteiger partial charge in [0.05, 0.1) is 11.9 Å². The maximum atomic E-state index is 13.7. The number of benzene rings is 1. The van der Waals surface area contributed by atoms with Gasteiger partial charge in [-0.2, -0.15) is 0 Å². The Kier molecular flexibility index (Phi) is 22.6. The van der Waals surface area contributed by atoms with Crippen LogP contribution in [-0.2, 0) is 14.3 Å². The van der Waals surface area contributed by atoms with Crippen LogP contribution in [0, 0.1) is 5.92 Å². The third-order valence-corrected chi connectivity index (χ3v) is 9.66. The lowest BCUT2D eigenvalue weighted by Crippen LogP contribution is -2.52. The molecule has 1 atom stereocenters. The van der Waals surface area contributed by atoms with Gasteiger partial charge in [-0.1, -0.05) is 95.4 Å². The van der Waals surface area contributed by atoms with E-state index in [9.17, 15) is 19.5 Å². The van der Waals surface area contributed by atoms with Gasteiger partial charge in [0.15, 0.2) is 0 Å². The molecule has 0 radical (unpaired) electrons. The lowest BCUT2D eigenvalue weighted by atomic mass is 9.98. The number of hydrogen-bond acceptors (Lipinski definition) is 6. The molecule has 3 N–H and O–H groups in total. The van der Waals surface area contributed by atoms with Crippen molar-refractivity contribution in [3.63, 3.8) is 0 Å². The number of ether oxygens (including phenoxy) is 1. The van der Waals surface area contributed by atoms with Crippen molar-refractivity contribution < 1.29 is 24.2 Å². The summed E-state index contributed by atoms with van der Waals surface area (Å²) in [5.74, 6) is -0.421. The summed E-state index contributed by atoms with van der Waals surface area (Å²) < 4.78 is 4.09. The van der Waals surface area contributed by atoms with E-state index < -0.39 is 16.8 Å². The summed E-state index contributed by atoms with van der Waals surface area (Å²) in [5.41, 5.74) is 0.286. The number of amides is 2. The molecule has 0 aromatic heterocycles. The number of carbonyl (C=O) groups excluding carboxylic acids is 3. The summed E-state index contributed by atoms with van der Waals surface area (Å²) in [6.45, 7) is 10.2. The number of hydrogen-bond donors (Lipinski definition) is 3. The summed E-state index contributed by atoms with van der Waals surface area (Å²) in [6, 6.07) is 3.45. The van der Waals surface area contributed by atoms with E-state index in [0.717, 1.165) is 57.1 Å². The zero-order chi connectivity index (χ0) is 35.6. The predicted molar refractivity (Wildman–Crippen MR) is 204 cm³/mol. The highest BCUT2D eigenvalue weighted by atomic mass is 32.2. The van der Waals surface area contributed by atoms with Gasteiger partial charge in [0, 0.05) is 5.69 Å². The van der Waals surface area contributed by atoms with E-state index in [-0.39, 0.29) is 29.0 Å². The predicted octanol–water partition coefficient (Wildman–Crippen LogP) is 9.86. The number of esters is 1. The van der Waals surface area contributed by atoms with Crippen molar-refractivity contribution in [3.8, 4) is 5.75 Å². The molecule has 0 saturated heterocycles. The molecule has 1 aromatic carbocycles. The highest BCUT2D eigenvalue weighted by Crippen LogP contribution is 2.34. The van der Waals surface area contributed by atoms with E-state index in [1.807, 2.05) is 27.7 Å². The second kappa shape index (κ2) is 25.5. The average Bonchev–Trinajstić information content (AvgIpc) is 3.07. The maximum Gasteiger partial charge on any atom is 0.341 e. The number of phenols is 1. The number of aromatic hydroxyl groups is 1. The zero-order valence-electron chi connectivity index (χ0n) is 30.1. The molecule has 0 spiro atoms. The fourth-order valence-electron chi connectivity index (χ4n) is 4.95. The van der Waals surface area contributed by atoms with Crippen LogP contribution in [0.5, 0.6) is 5.75 Å². The highest BCUT2D eigenvalue weighted by Gasteiger charge is 2.37. The number of unbranched alkanes of at least 4 members (excludes halogenated alkanes) is 2. The van der Waals surface area contributed by atoms with Crippen molar-refractivity contribution in [1.82, 2.24) is 5.32 Å². The Morgan fingerprint density at radius 3 is 1.94 bits per heavy atom. The van der Waals surface area contributed by atoms with Gasteiger partial charge in [-0.3, -0.25) is 9.59 Å². The van der Waals surface area contributed by atoms with Crippen molar-refractivity contribution in [3.05, 3.63) is 84.5 Å². The van der Waals surface area contributed by atoms with Gasteiger partial charge in [-0.25, -0.2) is 4.79 Å². The fourth-order valence-corrected chi connectivity index (χ4v) is 6.29. The van der Waals surface area contributed by atoms with Gasteiger partial charge >= 0.3 is 5.97 Å². The van der Waals surface area contributed by atoms with Crippen LogP contribution in [-0.4, -0.2) is 46.5 Å². The normalized spacial score (nSPS) is 13.1. The van der Waals surface area contributed by atoms with E-state index in [1.165, 1.54) is 25.3 Å². The van der Waals surface area contributed by atoms with E-state index in [2.05, 4.69) is 78.3 Å². The standard InChI is InChI=1S/C40H60N2O5S/c1-7-10-11-12-13-14-15-16-17-18-19-20-21-22-23-24-25-26-29-48-40(8-2,9-3)39(46)42-35(30-32(4)5)37(44)41-33-27-28-36(43)34(31-33)38(45)47-6/h10-11,13-14,16-17,19-20,22-23,27-28,31-32,35,43H,7-9,12,15,18,21,24-26,29-30H2,1-6H3,(H,41,44)(H,42,46)/t35-/m0/s1. The van der Waals surface area contributed by atoms with Gasteiger partial charge in [0.2, 0.25) is 11.8 Å². The number of allylic oxidation sites excluding steroid dienone is 10. The molecule has 0 saturated carbocycles. The Balaban J connectivity index is 2.55. The van der Waals surface area contributed by atoms with E-state index >= 15 is 0 Å². The van der Waals surface area contributed by atoms with Crippen LogP contribution in [0.25, 0.3) is 0 Å². The molecule has 1 rings (SSSR count). The molecule has 48 heavy (non-hydrogen) atoms. The summed E-state index contributed by atoms with van der Waals surface area (Å²) in [6.07, 6.45) is 31.9. The fraction of sp³-hybridized carbons (Fsp3) is 0.525. The Morgan fingerprint density at radius 1 is 0.854 bits per heavy atom. The number of rotatable bonds is 24. The molecule has 7 nitrogen and oxygen atoms in total. The lowest BCUT2D eigenvalue weighted by Gasteiger charge is -2.32. The van der Waals surface area contributed by atoms with Crippen molar-refractivity contribution in [2.75, 3.05) is 18.2 Å². The second-order valence-corrected chi connectivity index (χ2v) is 13.6. The minimum Gasteiger partial charge on any atom is -0.507 e. The summed E-state index contributed by atoms with van der Waals surface area (Å²) in [7, 11) is 1.22. The number of carbonyl (C=O) groups is 3. The first kappa shape index (κ1) is 42.5. The third kappa shape index (κ3) is 17.0. The molecule has 0 aliphatic rings. The Bertz CT molecular complexity index is 1240. The summed E-state index contributed by atoms with van der Waals surface area (Å²) >= 11 is 1.68. The quantitative estimate of drug-likeness (QED) is 0.0435. The zero-order valence-corrected chi connectivity index (χ0v) is 31.0. The molecule has 0 unspecified atom stereocenters. The van der Waals surface area contributed by atoms with Gasteiger partial charge < -0.3 is 20.5 Å². The Labute approximate surface area is 294 Å². The van der Waals surface area contributed by atoms with Crippen LogP contribution >= 0.6 is 11.8 Å². The van der Waals surface area contributed by atoms with Crippen molar-refractivity contribution in [1.29, 1.82) is 0 Å². The summed E-state index contributed by atoms with van der Waals surface area (Å²) in [5, 5.41) is 15.8. The Morgan fingerprint density at radius 2 is 1.42 bits per heavy atom. The average molecular weight is 681 g/mol. The topological polar surface area (TPSA) is 105 Å². The number of methoxy groups -OCH3 is 1. The first-order valence-electron chi connectivity index (χ1n) is 17.6. The number of phenolic OH excluding ortho intramolecular Hbond substituents is 1. The maximum absolute atomic E-state index is 13.7. The van der Waals surface area contributed by atoms with Crippen LogP contribution in [0.2, 0.25) is 0 Å². The molecular formula is C40H60N2O5S. The highest BCUT2D eigenvalue weighted by molar-refractivity contribution is 8.01. The minimum atomic E-state index is -0.749. The second-order valence-electron chi connectivity index (χ2n) is 12.1. The van der Waals surface area contributed by atoms with Crippen LogP contribution in [0.3, 0.4) is 0 Å². The number of nitrogens with one attached hydrogen (secondary N) is 2. The van der Waals surface area contributed by atoms with Crippen molar-refractivity contribution >= 4 is 35.2 Å². The van der Waals surface area contributed by atoms with E-state index in [4.69, 9.17) is 4.74 Å². The molecule has 0 fully saturated rings. The Hall–Kier alpha value is -3.52. The minimum absolute atomic E-state index is 0.0477. The van der Waals surface area contributed by atoms with Crippen LogP contribution in [0.15, 0.2) is 79.0 Å². The molecule has 8 heteroatoms. The summed E-state index contributed by atoms with van der Waals surface area (Å²) in [4.78, 5) is 39.0. The van der Waals surface area contributed by atoms with Gasteiger partial charge in [0.1, 0.15) is 17.4 Å². The molecule has 266 valence electrons. The third-order valence-electron chi connectivity index (χ3n) is 7.86. The van der Waals surface area contributed by atoms with E-state index in [0.29, 0.717) is 24.9 Å². The van der Waals surface area contributed by atoms with Crippen LogP contribution in [0.1, 0.15) is 116 Å². The molecular weight excluding hydrogens is 621 g/mol. The van der Waals surface area contributed by atoms with Gasteiger partial charge in [-0.05, 0) is 100 Å². The number of anilines is 1. The van der Waals surface area contributed by atoms with Crippen LogP contribution in [0.4, 0.5) is 5.69 Å². The molecule has 2 amide bonds. The number of thioether (sulfide) groups is 1. The monoisotopic (exact) mass is 680 g/mol. The molecule has 0 heterocycles. The van der Waals surface area contributed by atoms with Crippen LogP contribution < -0.4 is 10.6 Å². The van der Waals surface area contributed by atoms with Gasteiger partial charge in [-0.15, -0.1) is 11.8 Å². The molecule has 0 bridgehead atoms. The lowest BCUT2D eigenvalue weighted by molar-refractivity contribution is -0.128. The SMILES string of the molecule is CCC=CCC=CCC=CCC=CCC=CCCCCSC(CC)(CC)C(=O)N[C@@H](CC(C)C)C(=O)Nc1ccc(O)c(C(=O)OC)c1. The first-order valence-corrected chi connectivity index (χ1v) is 18.5. The van der Waals surface area contributed by atoms with Crippen molar-refractivity contribution in [2.45, 2.75) is 116 Å². The molecule has 1 aromatic rings. The van der Waals surface area contributed by atoms with Gasteiger partial charge in [0.25, 0.3) is 0 Å². The smallest absolute Gasteiger partial charge is 0.341 e.